The molecule has 0 unspecified atom stereocenters. The Labute approximate surface area is 130 Å². The van der Waals surface area contributed by atoms with Gasteiger partial charge in [-0.2, -0.15) is 5.26 Å². The number of benzene rings is 2. The number of rotatable bonds is 2. The minimum atomic E-state index is -0.288. The van der Waals surface area contributed by atoms with E-state index in [0.717, 1.165) is 4.47 Å². The number of nitriles is 1. The Morgan fingerprint density at radius 3 is 2.80 bits per heavy atom. The second-order valence-electron chi connectivity index (χ2n) is 4.17. The molecule has 0 saturated heterocycles. The lowest BCUT2D eigenvalue weighted by Gasteiger charge is -2.10. The molecule has 100 valence electrons. The first-order valence-electron chi connectivity index (χ1n) is 5.79. The van der Waals surface area contributed by atoms with Crippen LogP contribution in [0.15, 0.2) is 40.9 Å². The molecule has 3 nitrogen and oxygen atoms in total. The monoisotopic (exact) mass is 348 g/mol. The maximum Gasteiger partial charge on any atom is 0.256 e. The van der Waals surface area contributed by atoms with Gasteiger partial charge in [0.1, 0.15) is 6.07 Å². The number of carbonyl (C=O) groups excluding carboxylic acids is 1. The van der Waals surface area contributed by atoms with Gasteiger partial charge < -0.3 is 5.32 Å². The van der Waals surface area contributed by atoms with E-state index in [2.05, 4.69) is 21.2 Å². The zero-order chi connectivity index (χ0) is 14.7. The molecule has 0 aliphatic heterocycles. The Bertz CT molecular complexity index is 722. The molecule has 2 aromatic rings. The third kappa shape index (κ3) is 3.01. The van der Waals surface area contributed by atoms with E-state index in [9.17, 15) is 4.79 Å². The number of nitrogens with zero attached hydrogens (tertiary/aromatic N) is 1. The Kier molecular flexibility index (Phi) is 4.43. The Hall–Kier alpha value is -1.83. The minimum Gasteiger partial charge on any atom is -0.321 e. The molecular weight excluding hydrogens is 340 g/mol. The lowest BCUT2D eigenvalue weighted by molar-refractivity contribution is 0.102. The van der Waals surface area contributed by atoms with Crippen LogP contribution in [0.1, 0.15) is 21.5 Å². The second kappa shape index (κ2) is 6.08. The smallest absolute Gasteiger partial charge is 0.256 e. The van der Waals surface area contributed by atoms with Crippen molar-refractivity contribution in [2.45, 2.75) is 6.92 Å². The molecule has 2 aromatic carbocycles. The van der Waals surface area contributed by atoms with Gasteiger partial charge in [0.2, 0.25) is 0 Å². The fourth-order valence-corrected chi connectivity index (χ4v) is 2.30. The number of amides is 1. The van der Waals surface area contributed by atoms with Crippen molar-refractivity contribution in [3.63, 3.8) is 0 Å². The van der Waals surface area contributed by atoms with Gasteiger partial charge in [-0.05, 0) is 42.8 Å². The van der Waals surface area contributed by atoms with Crippen LogP contribution >= 0.6 is 27.5 Å². The van der Waals surface area contributed by atoms with Crippen LogP contribution in [-0.2, 0) is 0 Å². The van der Waals surface area contributed by atoms with E-state index >= 15 is 0 Å². The van der Waals surface area contributed by atoms with Crippen LogP contribution < -0.4 is 5.32 Å². The van der Waals surface area contributed by atoms with E-state index in [0.29, 0.717) is 27.4 Å². The molecule has 0 aliphatic carbocycles. The quantitative estimate of drug-likeness (QED) is 0.865. The Morgan fingerprint density at radius 1 is 1.35 bits per heavy atom. The average molecular weight is 350 g/mol. The van der Waals surface area contributed by atoms with Crippen LogP contribution in [0.4, 0.5) is 5.69 Å². The molecule has 0 spiro atoms. The van der Waals surface area contributed by atoms with E-state index < -0.39 is 0 Å². The van der Waals surface area contributed by atoms with Gasteiger partial charge in [0.05, 0.1) is 11.3 Å². The number of anilines is 1. The standard InChI is InChI=1S/C15H10BrClN2O/c1-9-12(3-2-4-13(9)17)15(20)19-14-6-5-11(16)7-10(14)8-18/h2-7H,1H3,(H,19,20). The van der Waals surface area contributed by atoms with Gasteiger partial charge in [0, 0.05) is 15.1 Å². The predicted molar refractivity (Wildman–Crippen MR) is 83.0 cm³/mol. The third-order valence-electron chi connectivity index (χ3n) is 2.86. The van der Waals surface area contributed by atoms with Crippen LogP contribution in [0.2, 0.25) is 5.02 Å². The summed E-state index contributed by atoms with van der Waals surface area (Å²) in [6, 6.07) is 12.3. The zero-order valence-electron chi connectivity index (χ0n) is 10.6. The van der Waals surface area contributed by atoms with E-state index in [1.165, 1.54) is 0 Å². The van der Waals surface area contributed by atoms with Crippen LogP contribution in [0, 0.1) is 18.3 Å². The highest BCUT2D eigenvalue weighted by Crippen LogP contribution is 2.23. The van der Waals surface area contributed by atoms with E-state index in [4.69, 9.17) is 16.9 Å². The summed E-state index contributed by atoms with van der Waals surface area (Å²) in [6.07, 6.45) is 0. The number of hydrogen-bond acceptors (Lipinski definition) is 2. The molecule has 20 heavy (non-hydrogen) atoms. The van der Waals surface area contributed by atoms with Crippen molar-refractivity contribution in [1.29, 1.82) is 5.26 Å². The molecule has 0 heterocycles. The molecule has 0 atom stereocenters. The molecule has 0 bridgehead atoms. The van der Waals surface area contributed by atoms with Crippen molar-refractivity contribution in [1.82, 2.24) is 0 Å². The molecule has 5 heteroatoms. The molecule has 0 aliphatic rings. The number of carbonyl (C=O) groups is 1. The van der Waals surface area contributed by atoms with Gasteiger partial charge in [-0.25, -0.2) is 0 Å². The minimum absolute atomic E-state index is 0.288. The molecule has 1 amide bonds. The lowest BCUT2D eigenvalue weighted by Crippen LogP contribution is -2.14. The lowest BCUT2D eigenvalue weighted by atomic mass is 10.1. The largest absolute Gasteiger partial charge is 0.321 e. The summed E-state index contributed by atoms with van der Waals surface area (Å²) in [5, 5.41) is 12.3. The van der Waals surface area contributed by atoms with Crippen molar-refractivity contribution in [2.75, 3.05) is 5.32 Å². The Morgan fingerprint density at radius 2 is 2.10 bits per heavy atom. The van der Waals surface area contributed by atoms with Gasteiger partial charge in [0.25, 0.3) is 5.91 Å². The molecule has 1 N–H and O–H groups in total. The Balaban J connectivity index is 2.33. The fraction of sp³-hybridized carbons (Fsp3) is 0.0667. The zero-order valence-corrected chi connectivity index (χ0v) is 12.9. The predicted octanol–water partition coefficient (Wildman–Crippen LogP) is 4.53. The first kappa shape index (κ1) is 14.6. The summed E-state index contributed by atoms with van der Waals surface area (Å²) in [4.78, 5) is 12.2. The van der Waals surface area contributed by atoms with E-state index in [1.54, 1.807) is 43.3 Å². The van der Waals surface area contributed by atoms with Gasteiger partial charge in [0.15, 0.2) is 0 Å². The number of nitrogens with one attached hydrogen (secondary N) is 1. The molecule has 2 rings (SSSR count). The van der Waals surface area contributed by atoms with Crippen molar-refractivity contribution in [3.8, 4) is 6.07 Å². The highest BCUT2D eigenvalue weighted by Gasteiger charge is 2.13. The molecular formula is C15H10BrClN2O. The maximum absolute atomic E-state index is 12.2. The first-order valence-corrected chi connectivity index (χ1v) is 6.96. The third-order valence-corrected chi connectivity index (χ3v) is 3.77. The van der Waals surface area contributed by atoms with Crippen LogP contribution in [0.5, 0.6) is 0 Å². The van der Waals surface area contributed by atoms with Crippen LogP contribution in [0.25, 0.3) is 0 Å². The van der Waals surface area contributed by atoms with Gasteiger partial charge >= 0.3 is 0 Å². The summed E-state index contributed by atoms with van der Waals surface area (Å²) in [6.45, 7) is 1.78. The SMILES string of the molecule is Cc1c(Cl)cccc1C(=O)Nc1ccc(Br)cc1C#N. The highest BCUT2D eigenvalue weighted by molar-refractivity contribution is 9.10. The summed E-state index contributed by atoms with van der Waals surface area (Å²) in [5.74, 6) is -0.288. The summed E-state index contributed by atoms with van der Waals surface area (Å²) < 4.78 is 0.783. The van der Waals surface area contributed by atoms with E-state index in [1.807, 2.05) is 6.07 Å². The van der Waals surface area contributed by atoms with Gasteiger partial charge in [-0.3, -0.25) is 4.79 Å². The fourth-order valence-electron chi connectivity index (χ4n) is 1.76. The topological polar surface area (TPSA) is 52.9 Å². The number of hydrogen-bond donors (Lipinski definition) is 1. The van der Waals surface area contributed by atoms with Crippen molar-refractivity contribution >= 4 is 39.1 Å². The highest BCUT2D eigenvalue weighted by atomic mass is 79.9. The summed E-state index contributed by atoms with van der Waals surface area (Å²) in [5.41, 5.74) is 2.07. The van der Waals surface area contributed by atoms with Gasteiger partial charge in [-0.15, -0.1) is 0 Å². The molecule has 0 aromatic heterocycles. The summed E-state index contributed by atoms with van der Waals surface area (Å²) in [7, 11) is 0. The van der Waals surface area contributed by atoms with E-state index in [-0.39, 0.29) is 5.91 Å². The van der Waals surface area contributed by atoms with Crippen LogP contribution in [0.3, 0.4) is 0 Å². The van der Waals surface area contributed by atoms with Crippen molar-refractivity contribution in [2.24, 2.45) is 0 Å². The number of halogens is 2. The van der Waals surface area contributed by atoms with Gasteiger partial charge in [-0.1, -0.05) is 33.6 Å². The van der Waals surface area contributed by atoms with Crippen molar-refractivity contribution in [3.05, 3.63) is 62.6 Å². The average Bonchev–Trinajstić information content (AvgIpc) is 2.43. The maximum atomic E-state index is 12.2. The van der Waals surface area contributed by atoms with Crippen LogP contribution in [-0.4, -0.2) is 5.91 Å². The summed E-state index contributed by atoms with van der Waals surface area (Å²) >= 11 is 9.29. The molecule has 0 radical (unpaired) electrons. The normalized spacial score (nSPS) is 9.90. The second-order valence-corrected chi connectivity index (χ2v) is 5.49. The first-order chi connectivity index (χ1) is 9.52. The van der Waals surface area contributed by atoms with Crippen molar-refractivity contribution < 1.29 is 4.79 Å². The molecule has 0 fully saturated rings. The molecule has 0 saturated carbocycles.